The van der Waals surface area contributed by atoms with E-state index in [-0.39, 0.29) is 53.2 Å². The molecular weight excluding hydrogens is 1510 g/mol. The second-order valence-electron chi connectivity index (χ2n) is 30.2. The Morgan fingerprint density at radius 3 is 0.573 bits per heavy atom. The van der Waals surface area contributed by atoms with Gasteiger partial charge in [-0.25, -0.2) is 4.79 Å². The summed E-state index contributed by atoms with van der Waals surface area (Å²) in [6, 6.07) is 10.9. The lowest BCUT2D eigenvalue weighted by molar-refractivity contribution is -0.477. The molecule has 3 aromatic carbocycles. The fourth-order valence-corrected chi connectivity index (χ4v) is 18.7. The molecule has 0 spiro atoms. The molecule has 3 aromatic rings. The van der Waals surface area contributed by atoms with Gasteiger partial charge in [-0.15, -0.1) is 0 Å². The lowest BCUT2D eigenvalue weighted by atomic mass is 9.85. The number of benzene rings is 3. The van der Waals surface area contributed by atoms with Crippen LogP contribution in [0.5, 0.6) is 0 Å². The Hall–Kier alpha value is -4.13. The van der Waals surface area contributed by atoms with Crippen LogP contribution in [0.2, 0.25) is 0 Å². The minimum atomic E-state index is -9.61. The monoisotopic (exact) mass is 1630 g/mol. The first kappa shape index (κ1) is 100. The minimum absolute atomic E-state index is 0.00442. The molecule has 0 amide bonds. The van der Waals surface area contributed by atoms with E-state index in [2.05, 4.69) is 0 Å². The zero-order chi connectivity index (χ0) is 83.3. The number of aryl methyl sites for hydroxylation is 9. The summed E-state index contributed by atoms with van der Waals surface area (Å²) >= 11 is 0. The number of hydrogen-bond acceptors (Lipinski definition) is 2. The van der Waals surface area contributed by atoms with Crippen LogP contribution >= 0.6 is 10.3 Å². The molecule has 0 aliphatic rings. The molecule has 0 unspecified atom stereocenters. The van der Waals surface area contributed by atoms with Crippen LogP contribution in [-0.2, 0) is 66.8 Å². The average molecular weight is 1630 g/mol. The molecule has 0 N–H and O–H groups in total. The van der Waals surface area contributed by atoms with Crippen LogP contribution in [0.3, 0.4) is 0 Å². The van der Waals surface area contributed by atoms with E-state index in [0.717, 1.165) is 57.8 Å². The summed E-state index contributed by atoms with van der Waals surface area (Å²) in [5, 5.41) is 0. The number of rotatable bonds is 59. The third kappa shape index (κ3) is 23.4. The predicted octanol–water partition coefficient (Wildman–Crippen LogP) is 31.4. The summed E-state index contributed by atoms with van der Waals surface area (Å²) in [5.74, 6) is -94.9. The van der Waals surface area contributed by atoms with Crippen molar-refractivity contribution in [3.8, 4) is 0 Å². The first-order valence-electron chi connectivity index (χ1n) is 40.8. The van der Waals surface area contributed by atoms with Crippen molar-refractivity contribution in [2.24, 2.45) is 0 Å². The van der Waals surface area contributed by atoms with E-state index < -0.39 is 81.7 Å². The predicted molar refractivity (Wildman–Crippen MR) is 394 cm³/mol. The Kier molecular flexibility index (Phi) is 40.8. The summed E-state index contributed by atoms with van der Waals surface area (Å²) < 4.78 is 364. The summed E-state index contributed by atoms with van der Waals surface area (Å²) in [7, 11) is -4.92. The zero-order valence-corrected chi connectivity index (χ0v) is 67.0. The number of carbonyl (C=O) groups is 1. The normalized spacial score (nSPS) is 13.8. The quantitative estimate of drug-likeness (QED) is 0.0416. The van der Waals surface area contributed by atoms with E-state index in [4.69, 9.17) is 4.18 Å². The van der Waals surface area contributed by atoms with Crippen LogP contribution < -0.4 is 0 Å². The van der Waals surface area contributed by atoms with Gasteiger partial charge in [-0.1, -0.05) is 272 Å². The second kappa shape index (κ2) is 44.8. The molecule has 0 aromatic heterocycles. The SMILES string of the molecule is CCCCCCc1cc(CCCCCC)c(S(OC(=O)C(F)(F)C(F)(F)C(F)(F)C(F)(F)C(F)(F)C(F)(F)C(F)(F)C(F)(F)C(F)(F)C(F)(F)C(F)(F)F)(c2c(CCCCCC)cc(CCCCCC)cc2CCCCCC)c2c(CCCCCC)cc(CCCCCC)cc2CCCCCC)c(CCCCCC)c1. The van der Waals surface area contributed by atoms with Crippen molar-refractivity contribution >= 4 is 16.3 Å². The van der Waals surface area contributed by atoms with Gasteiger partial charge in [-0.3, -0.25) is 0 Å². The van der Waals surface area contributed by atoms with E-state index in [9.17, 15) is 39.5 Å². The molecule has 0 saturated heterocycles. The van der Waals surface area contributed by atoms with Crippen molar-refractivity contribution in [3.63, 3.8) is 0 Å². The second-order valence-corrected chi connectivity index (χ2v) is 32.7. The van der Waals surface area contributed by atoms with Crippen molar-refractivity contribution < 1.29 is 110 Å². The van der Waals surface area contributed by atoms with Gasteiger partial charge in [0.25, 0.3) is 0 Å². The third-order valence-electron chi connectivity index (χ3n) is 20.9. The summed E-state index contributed by atoms with van der Waals surface area (Å²) in [6.07, 6.45) is 15.3. The molecule has 0 saturated carbocycles. The lowest BCUT2D eigenvalue weighted by Gasteiger charge is -2.48. The molecule has 0 radical (unpaired) electrons. The topological polar surface area (TPSA) is 26.3 Å². The summed E-state index contributed by atoms with van der Waals surface area (Å²) in [5.41, 5.74) is 4.14. The molecular formula is C84H123F23O2S. The maximum absolute atomic E-state index is 18.3. The molecule has 0 fully saturated rings. The molecule has 3 rings (SSSR count). The van der Waals surface area contributed by atoms with Gasteiger partial charge in [0, 0.05) is 14.7 Å². The van der Waals surface area contributed by atoms with E-state index in [1.807, 2.05) is 98.7 Å². The maximum Gasteiger partial charge on any atom is 0.460 e. The van der Waals surface area contributed by atoms with Gasteiger partial charge >= 0.3 is 71.4 Å². The highest BCUT2D eigenvalue weighted by Crippen LogP contribution is 2.76. The molecule has 110 heavy (non-hydrogen) atoms. The van der Waals surface area contributed by atoms with Crippen LogP contribution in [0.1, 0.15) is 344 Å². The highest BCUT2D eigenvalue weighted by atomic mass is 32.3. The number of hydrogen-bond donors (Lipinski definition) is 0. The fourth-order valence-electron chi connectivity index (χ4n) is 14.3. The van der Waals surface area contributed by atoms with Gasteiger partial charge in [-0.2, -0.15) is 101 Å². The Morgan fingerprint density at radius 1 is 0.236 bits per heavy atom. The van der Waals surface area contributed by atoms with Crippen LogP contribution in [0.4, 0.5) is 101 Å². The number of carbonyl (C=O) groups excluding carboxylic acids is 1. The molecule has 0 heterocycles. The third-order valence-corrected chi connectivity index (χ3v) is 24.6. The largest absolute Gasteiger partial charge is 0.460 e. The zero-order valence-electron chi connectivity index (χ0n) is 66.2. The van der Waals surface area contributed by atoms with Gasteiger partial charge in [0.1, 0.15) is 0 Å². The van der Waals surface area contributed by atoms with Crippen LogP contribution in [0.15, 0.2) is 51.1 Å². The van der Waals surface area contributed by atoms with Crippen molar-refractivity contribution in [1.29, 1.82) is 0 Å². The molecule has 0 aliphatic carbocycles. The van der Waals surface area contributed by atoms with Crippen molar-refractivity contribution in [2.45, 2.75) is 431 Å². The van der Waals surface area contributed by atoms with Gasteiger partial charge in [-0.05, 0) is 176 Å². The standard InChI is InChI=1S/C84H123F23O2S/c1-10-19-28-37-46-61-55-64(49-40-31-22-13-4)70(65(56-61)50-41-32-23-14-5)110(71-66(51-42-33-24-15-6)57-62(47-38-29-20-11-2)58-67(71)52-43-34-25-16-7,72-68(53-44-35-26-17-8)59-63(48-39-30-21-12-3)60-69(72)54-45-36-27-18-9)109-73(108)74(85,86)75(87,88)76(89,90)77(91,92)78(93,94)79(95,96)80(97,98)81(99,100)82(101,102)83(103,104)84(105,106)107/h55-60H,10-54H2,1-9H3. The van der Waals surface area contributed by atoms with Crippen molar-refractivity contribution in [3.05, 3.63) is 86.5 Å². The Bertz CT molecular complexity index is 2870. The van der Waals surface area contributed by atoms with Gasteiger partial charge < -0.3 is 4.18 Å². The average Bonchev–Trinajstić information content (AvgIpc) is 0.617. The number of alkyl halides is 23. The summed E-state index contributed by atoms with van der Waals surface area (Å²) in [4.78, 5) is 16.1. The van der Waals surface area contributed by atoms with Crippen molar-refractivity contribution in [1.82, 2.24) is 0 Å². The Balaban J connectivity index is 3.19. The molecule has 26 heteroatoms. The Labute approximate surface area is 641 Å². The molecule has 0 atom stereocenters. The number of unbranched alkanes of at least 4 members (excludes halogenated alkanes) is 27. The van der Waals surface area contributed by atoms with Crippen molar-refractivity contribution in [2.75, 3.05) is 0 Å². The Morgan fingerprint density at radius 2 is 0.400 bits per heavy atom. The van der Waals surface area contributed by atoms with E-state index in [0.29, 0.717) is 243 Å². The van der Waals surface area contributed by atoms with Gasteiger partial charge in [0.2, 0.25) is 0 Å². The van der Waals surface area contributed by atoms with Crippen LogP contribution in [-0.4, -0.2) is 71.4 Å². The first-order chi connectivity index (χ1) is 51.4. The first-order valence-corrected chi connectivity index (χ1v) is 42.4. The molecule has 0 aliphatic heterocycles. The fraction of sp³-hybridized carbons (Fsp3) is 0.774. The van der Waals surface area contributed by atoms with E-state index in [1.54, 1.807) is 0 Å². The smallest absolute Gasteiger partial charge is 0.397 e. The lowest BCUT2D eigenvalue weighted by Crippen LogP contribution is -2.78. The molecule has 638 valence electrons. The minimum Gasteiger partial charge on any atom is -0.397 e. The highest BCUT2D eigenvalue weighted by Gasteiger charge is 2.99. The maximum atomic E-state index is 18.3. The summed E-state index contributed by atoms with van der Waals surface area (Å²) in [6.45, 7) is 17.6. The van der Waals surface area contributed by atoms with Gasteiger partial charge in [0.05, 0.1) is 0 Å². The molecule has 0 bridgehead atoms. The molecule has 2 nitrogen and oxygen atoms in total. The van der Waals surface area contributed by atoms with E-state index >= 15 is 66.3 Å². The van der Waals surface area contributed by atoms with E-state index in [1.165, 1.54) is 0 Å². The van der Waals surface area contributed by atoms with Crippen LogP contribution in [0.25, 0.3) is 0 Å². The van der Waals surface area contributed by atoms with Crippen LogP contribution in [0, 0.1) is 0 Å². The number of halogens is 23. The highest BCUT2D eigenvalue weighted by molar-refractivity contribution is 8.30. The van der Waals surface area contributed by atoms with Gasteiger partial charge in [0.15, 0.2) is 0 Å².